The first-order chi connectivity index (χ1) is 12.9. The minimum absolute atomic E-state index is 0.255. The molecule has 0 aliphatic heterocycles. The Morgan fingerprint density at radius 1 is 1.07 bits per heavy atom. The van der Waals surface area contributed by atoms with Gasteiger partial charge >= 0.3 is 11.9 Å². The summed E-state index contributed by atoms with van der Waals surface area (Å²) in [5, 5.41) is 0. The van der Waals surface area contributed by atoms with Crippen LogP contribution in [0.15, 0.2) is 30.3 Å². The highest BCUT2D eigenvalue weighted by Crippen LogP contribution is 2.49. The normalized spacial score (nSPS) is 14.5. The quantitative estimate of drug-likeness (QED) is 0.598. The number of carbonyl (C=O) groups excluding carboxylic acids is 3. The van der Waals surface area contributed by atoms with Crippen molar-refractivity contribution in [3.05, 3.63) is 58.4 Å². The van der Waals surface area contributed by atoms with Crippen molar-refractivity contribution < 1.29 is 23.9 Å². The number of aryl methyl sites for hydroxylation is 1. The summed E-state index contributed by atoms with van der Waals surface area (Å²) in [6.07, 6.45) is 1.44. The topological polar surface area (TPSA) is 85.5 Å². The van der Waals surface area contributed by atoms with Gasteiger partial charge in [-0.2, -0.15) is 0 Å². The van der Waals surface area contributed by atoms with E-state index in [2.05, 4.69) is 4.98 Å². The van der Waals surface area contributed by atoms with Crippen molar-refractivity contribution in [3.8, 4) is 0 Å². The number of Topliss-reactive ketones (excluding diaryl/α,β-unsaturated/α-hetero) is 1. The minimum Gasteiger partial charge on any atom is -0.462 e. The third kappa shape index (κ3) is 3.52. The lowest BCUT2D eigenvalue weighted by atomic mass is 9.96. The number of nitrogens with one attached hydrogen (secondary N) is 1. The van der Waals surface area contributed by atoms with Gasteiger partial charge in [-0.05, 0) is 44.7 Å². The number of esters is 2. The van der Waals surface area contributed by atoms with Gasteiger partial charge < -0.3 is 14.5 Å². The molecular formula is C21H23NO5. The first-order valence-electron chi connectivity index (χ1n) is 9.03. The van der Waals surface area contributed by atoms with Crippen LogP contribution in [-0.4, -0.2) is 35.9 Å². The molecule has 1 aromatic heterocycles. The van der Waals surface area contributed by atoms with E-state index < -0.39 is 11.4 Å². The minimum atomic E-state index is -0.627. The molecule has 0 unspecified atom stereocenters. The number of rotatable bonds is 7. The van der Waals surface area contributed by atoms with Crippen molar-refractivity contribution in [2.45, 2.75) is 39.0 Å². The summed E-state index contributed by atoms with van der Waals surface area (Å²) in [7, 11) is 0. The zero-order valence-corrected chi connectivity index (χ0v) is 15.8. The molecule has 0 bridgehead atoms. The summed E-state index contributed by atoms with van der Waals surface area (Å²) in [5.74, 6) is -1.22. The lowest BCUT2D eigenvalue weighted by Gasteiger charge is -2.14. The van der Waals surface area contributed by atoms with Gasteiger partial charge in [0.05, 0.1) is 23.3 Å². The maximum atomic E-state index is 12.6. The predicted molar refractivity (Wildman–Crippen MR) is 98.9 cm³/mol. The molecule has 1 aliphatic rings. The molecule has 6 heteroatoms. The van der Waals surface area contributed by atoms with E-state index in [4.69, 9.17) is 9.47 Å². The summed E-state index contributed by atoms with van der Waals surface area (Å²) in [5.41, 5.74) is 1.99. The van der Waals surface area contributed by atoms with Crippen LogP contribution < -0.4 is 0 Å². The van der Waals surface area contributed by atoms with Crippen molar-refractivity contribution in [1.82, 2.24) is 4.98 Å². The fraction of sp³-hybridized carbons (Fsp3) is 0.381. The SMILES string of the molecule is CCOC(=O)c1c(C)[nH]c(C(=O)COC(=O)C2(c3ccccc3)CC2)c1C. The third-order valence-electron chi connectivity index (χ3n) is 5.00. The summed E-state index contributed by atoms with van der Waals surface area (Å²) < 4.78 is 10.4. The number of aromatic nitrogens is 1. The van der Waals surface area contributed by atoms with Gasteiger partial charge in [-0.15, -0.1) is 0 Å². The van der Waals surface area contributed by atoms with Crippen LogP contribution in [0, 0.1) is 13.8 Å². The molecule has 27 heavy (non-hydrogen) atoms. The van der Waals surface area contributed by atoms with Crippen LogP contribution in [0.1, 0.15) is 57.4 Å². The van der Waals surface area contributed by atoms with Crippen molar-refractivity contribution in [1.29, 1.82) is 0 Å². The van der Waals surface area contributed by atoms with Crippen LogP contribution in [-0.2, 0) is 19.7 Å². The van der Waals surface area contributed by atoms with Gasteiger partial charge in [-0.25, -0.2) is 4.79 Å². The second-order valence-electron chi connectivity index (χ2n) is 6.79. The van der Waals surface area contributed by atoms with Gasteiger partial charge in [0, 0.05) is 5.69 Å². The van der Waals surface area contributed by atoms with E-state index in [1.54, 1.807) is 20.8 Å². The van der Waals surface area contributed by atoms with Crippen molar-refractivity contribution in [2.24, 2.45) is 0 Å². The second kappa shape index (κ2) is 7.39. The highest BCUT2D eigenvalue weighted by molar-refractivity contribution is 6.03. The summed E-state index contributed by atoms with van der Waals surface area (Å²) in [4.78, 5) is 40.1. The van der Waals surface area contributed by atoms with Gasteiger partial charge in [0.15, 0.2) is 6.61 Å². The Hall–Kier alpha value is -2.89. The number of benzene rings is 1. The standard InChI is InChI=1S/C21H23NO5/c1-4-26-19(24)17-13(2)18(22-14(17)3)16(23)12-27-20(25)21(10-11-21)15-8-6-5-7-9-15/h5-9,22H,4,10-12H2,1-3H3. The van der Waals surface area contributed by atoms with Crippen LogP contribution in [0.3, 0.4) is 0 Å². The summed E-state index contributed by atoms with van der Waals surface area (Å²) in [6, 6.07) is 9.47. The molecule has 1 saturated carbocycles. The number of carbonyl (C=O) groups is 3. The Kier molecular flexibility index (Phi) is 5.17. The van der Waals surface area contributed by atoms with Gasteiger partial charge in [0.25, 0.3) is 0 Å². The zero-order chi connectivity index (χ0) is 19.6. The van der Waals surface area contributed by atoms with Crippen molar-refractivity contribution in [3.63, 3.8) is 0 Å². The first-order valence-corrected chi connectivity index (χ1v) is 9.03. The van der Waals surface area contributed by atoms with Crippen molar-refractivity contribution in [2.75, 3.05) is 13.2 Å². The third-order valence-corrected chi connectivity index (χ3v) is 5.00. The fourth-order valence-electron chi connectivity index (χ4n) is 3.37. The number of aromatic amines is 1. The predicted octanol–water partition coefficient (Wildman–Crippen LogP) is 3.27. The highest BCUT2D eigenvalue weighted by Gasteiger charge is 2.52. The Balaban J connectivity index is 1.69. The second-order valence-corrected chi connectivity index (χ2v) is 6.79. The Morgan fingerprint density at radius 3 is 2.33 bits per heavy atom. The average molecular weight is 369 g/mol. The highest BCUT2D eigenvalue weighted by atomic mass is 16.5. The molecule has 1 heterocycles. The molecule has 142 valence electrons. The molecule has 0 atom stereocenters. The Labute approximate surface area is 157 Å². The van der Waals surface area contributed by atoms with Gasteiger partial charge in [-0.3, -0.25) is 9.59 Å². The Morgan fingerprint density at radius 2 is 1.74 bits per heavy atom. The molecule has 6 nitrogen and oxygen atoms in total. The number of hydrogen-bond donors (Lipinski definition) is 1. The lowest BCUT2D eigenvalue weighted by molar-refractivity contribution is -0.145. The number of ether oxygens (including phenoxy) is 2. The molecule has 1 N–H and O–H groups in total. The molecule has 2 aromatic rings. The fourth-order valence-corrected chi connectivity index (χ4v) is 3.37. The van der Waals surface area contributed by atoms with E-state index >= 15 is 0 Å². The van der Waals surface area contributed by atoms with Crippen LogP contribution in [0.25, 0.3) is 0 Å². The van der Waals surface area contributed by atoms with Crippen LogP contribution in [0.5, 0.6) is 0 Å². The first kappa shape index (κ1) is 18.9. The molecular weight excluding hydrogens is 346 g/mol. The van der Waals surface area contributed by atoms with Crippen LogP contribution in [0.2, 0.25) is 0 Å². The van der Waals surface area contributed by atoms with E-state index in [-0.39, 0.29) is 30.7 Å². The smallest absolute Gasteiger partial charge is 0.340 e. The molecule has 1 aromatic carbocycles. The summed E-state index contributed by atoms with van der Waals surface area (Å²) >= 11 is 0. The maximum absolute atomic E-state index is 12.6. The van der Waals surface area contributed by atoms with E-state index in [1.165, 1.54) is 0 Å². The molecule has 0 saturated heterocycles. The molecule has 1 aliphatic carbocycles. The van der Waals surface area contributed by atoms with Gasteiger partial charge in [0.2, 0.25) is 5.78 Å². The van der Waals surface area contributed by atoms with E-state index in [1.807, 2.05) is 30.3 Å². The largest absolute Gasteiger partial charge is 0.462 e. The summed E-state index contributed by atoms with van der Waals surface area (Å²) in [6.45, 7) is 5.00. The molecule has 3 rings (SSSR count). The van der Waals surface area contributed by atoms with E-state index in [0.717, 1.165) is 18.4 Å². The van der Waals surface area contributed by atoms with Gasteiger partial charge in [-0.1, -0.05) is 30.3 Å². The molecule has 0 radical (unpaired) electrons. The Bertz CT molecular complexity index is 877. The monoisotopic (exact) mass is 369 g/mol. The van der Waals surface area contributed by atoms with E-state index in [0.29, 0.717) is 16.8 Å². The number of ketones is 1. The van der Waals surface area contributed by atoms with Crippen LogP contribution in [0.4, 0.5) is 0 Å². The lowest BCUT2D eigenvalue weighted by Crippen LogP contribution is -2.26. The number of hydrogen-bond acceptors (Lipinski definition) is 5. The maximum Gasteiger partial charge on any atom is 0.340 e. The molecule has 0 spiro atoms. The molecule has 0 amide bonds. The number of H-pyrrole nitrogens is 1. The van der Waals surface area contributed by atoms with Gasteiger partial charge in [0.1, 0.15) is 0 Å². The zero-order valence-electron chi connectivity index (χ0n) is 15.8. The van der Waals surface area contributed by atoms with E-state index in [9.17, 15) is 14.4 Å². The van der Waals surface area contributed by atoms with Crippen LogP contribution >= 0.6 is 0 Å². The van der Waals surface area contributed by atoms with Crippen molar-refractivity contribution >= 4 is 17.7 Å². The molecule has 1 fully saturated rings. The average Bonchev–Trinajstić information content (AvgIpc) is 3.41.